The summed E-state index contributed by atoms with van der Waals surface area (Å²) in [5.41, 5.74) is 0.168. The molecule has 16 heavy (non-hydrogen) atoms. The number of nitrogens with zero attached hydrogens (tertiary/aromatic N) is 2. The summed E-state index contributed by atoms with van der Waals surface area (Å²) in [6.07, 6.45) is 4.19. The zero-order valence-corrected chi connectivity index (χ0v) is 10.8. The first-order chi connectivity index (χ1) is 7.62. The van der Waals surface area contributed by atoms with Crippen molar-refractivity contribution in [3.05, 3.63) is 0 Å². The number of nitriles is 1. The summed E-state index contributed by atoms with van der Waals surface area (Å²) in [5, 5.41) is 8.86. The molecule has 1 atom stereocenters. The zero-order valence-electron chi connectivity index (χ0n) is 10.8. The summed E-state index contributed by atoms with van der Waals surface area (Å²) in [6.45, 7) is 7.64. The first kappa shape index (κ1) is 13.5. The molecule has 0 N–H and O–H groups in total. The van der Waals surface area contributed by atoms with Gasteiger partial charge in [0.25, 0.3) is 0 Å². The predicted octanol–water partition coefficient (Wildman–Crippen LogP) is 2.43. The summed E-state index contributed by atoms with van der Waals surface area (Å²) >= 11 is 0. The number of likely N-dealkylation sites (tertiary alicyclic amines) is 1. The molecular weight excluding hydrogens is 200 g/mol. The summed E-state index contributed by atoms with van der Waals surface area (Å²) < 4.78 is 5.10. The Balaban J connectivity index is 2.52. The fraction of sp³-hybridized carbons (Fsp3) is 0.923. The third-order valence-electron chi connectivity index (χ3n) is 3.91. The van der Waals surface area contributed by atoms with Crippen molar-refractivity contribution in [3.63, 3.8) is 0 Å². The quantitative estimate of drug-likeness (QED) is 0.673. The number of hydrogen-bond donors (Lipinski definition) is 0. The Labute approximate surface area is 99.4 Å². The van der Waals surface area contributed by atoms with Gasteiger partial charge in [0.15, 0.2) is 0 Å². The van der Waals surface area contributed by atoms with Crippen LogP contribution in [0.25, 0.3) is 0 Å². The van der Waals surface area contributed by atoms with Crippen LogP contribution >= 0.6 is 0 Å². The zero-order chi connectivity index (χ0) is 12.0. The van der Waals surface area contributed by atoms with Gasteiger partial charge in [0, 0.05) is 32.2 Å². The van der Waals surface area contributed by atoms with Crippen molar-refractivity contribution in [3.8, 4) is 6.07 Å². The Bertz CT molecular complexity index is 245. The highest BCUT2D eigenvalue weighted by Crippen LogP contribution is 2.35. The van der Waals surface area contributed by atoms with Crippen LogP contribution in [0, 0.1) is 17.2 Å². The lowest BCUT2D eigenvalue weighted by Crippen LogP contribution is -2.53. The van der Waals surface area contributed by atoms with Crippen molar-refractivity contribution in [1.29, 1.82) is 5.26 Å². The fourth-order valence-corrected chi connectivity index (χ4v) is 2.69. The van der Waals surface area contributed by atoms with Gasteiger partial charge in [0.05, 0.1) is 6.07 Å². The molecule has 1 aliphatic heterocycles. The maximum Gasteiger partial charge on any atom is 0.0625 e. The summed E-state index contributed by atoms with van der Waals surface area (Å²) in [7, 11) is 1.75. The molecular formula is C13H24N2O. The molecule has 0 aliphatic carbocycles. The van der Waals surface area contributed by atoms with Crippen LogP contribution in [0.3, 0.4) is 0 Å². The molecule has 1 aliphatic rings. The molecule has 1 heterocycles. The minimum absolute atomic E-state index is 0.168. The lowest BCUT2D eigenvalue weighted by Gasteiger charge is -2.47. The third-order valence-corrected chi connectivity index (χ3v) is 3.91. The van der Waals surface area contributed by atoms with Gasteiger partial charge in [-0.15, -0.1) is 0 Å². The smallest absolute Gasteiger partial charge is 0.0625 e. The monoisotopic (exact) mass is 224 g/mol. The van der Waals surface area contributed by atoms with Crippen LogP contribution in [-0.2, 0) is 4.74 Å². The Hall–Kier alpha value is -0.590. The molecule has 1 rings (SSSR count). The topological polar surface area (TPSA) is 36.3 Å². The number of piperidine rings is 1. The highest BCUT2D eigenvalue weighted by atomic mass is 16.5. The lowest BCUT2D eigenvalue weighted by atomic mass is 9.77. The van der Waals surface area contributed by atoms with Crippen molar-refractivity contribution in [2.24, 2.45) is 5.92 Å². The van der Waals surface area contributed by atoms with Gasteiger partial charge in [0.2, 0.25) is 0 Å². The summed E-state index contributed by atoms with van der Waals surface area (Å²) in [4.78, 5) is 2.53. The normalized spacial score (nSPS) is 25.2. The van der Waals surface area contributed by atoms with Gasteiger partial charge in [-0.05, 0) is 45.6 Å². The van der Waals surface area contributed by atoms with Gasteiger partial charge < -0.3 is 4.74 Å². The van der Waals surface area contributed by atoms with Gasteiger partial charge in [-0.2, -0.15) is 5.26 Å². The average molecular weight is 224 g/mol. The van der Waals surface area contributed by atoms with Crippen molar-refractivity contribution in [1.82, 2.24) is 4.90 Å². The molecule has 0 spiro atoms. The maximum absolute atomic E-state index is 8.86. The van der Waals surface area contributed by atoms with E-state index in [0.29, 0.717) is 12.3 Å². The van der Waals surface area contributed by atoms with Crippen LogP contribution in [0.1, 0.15) is 39.5 Å². The van der Waals surface area contributed by atoms with Crippen LogP contribution in [0.5, 0.6) is 0 Å². The Morgan fingerprint density at radius 1 is 1.50 bits per heavy atom. The van der Waals surface area contributed by atoms with E-state index < -0.39 is 0 Å². The van der Waals surface area contributed by atoms with Crippen molar-refractivity contribution in [2.75, 3.05) is 26.8 Å². The SMILES string of the molecule is COCCCN1CCCC(CC#N)C1(C)C. The highest BCUT2D eigenvalue weighted by Gasteiger charge is 2.37. The van der Waals surface area contributed by atoms with Gasteiger partial charge >= 0.3 is 0 Å². The summed E-state index contributed by atoms with van der Waals surface area (Å²) in [6, 6.07) is 2.33. The van der Waals surface area contributed by atoms with Gasteiger partial charge in [-0.25, -0.2) is 0 Å². The molecule has 0 aromatic carbocycles. The number of hydrogen-bond acceptors (Lipinski definition) is 3. The van der Waals surface area contributed by atoms with E-state index in [-0.39, 0.29) is 5.54 Å². The van der Waals surface area contributed by atoms with Crippen LogP contribution in [0.4, 0.5) is 0 Å². The minimum atomic E-state index is 0.168. The van der Waals surface area contributed by atoms with E-state index in [2.05, 4.69) is 24.8 Å². The van der Waals surface area contributed by atoms with E-state index in [4.69, 9.17) is 10.00 Å². The Morgan fingerprint density at radius 3 is 2.88 bits per heavy atom. The van der Waals surface area contributed by atoms with E-state index in [1.165, 1.54) is 19.4 Å². The second-order valence-corrected chi connectivity index (χ2v) is 5.19. The van der Waals surface area contributed by atoms with E-state index in [0.717, 1.165) is 19.6 Å². The third kappa shape index (κ3) is 3.20. The molecule has 3 nitrogen and oxygen atoms in total. The van der Waals surface area contributed by atoms with Crippen LogP contribution in [-0.4, -0.2) is 37.2 Å². The molecule has 1 saturated heterocycles. The molecule has 0 bridgehead atoms. The second kappa shape index (κ2) is 6.22. The van der Waals surface area contributed by atoms with Crippen molar-refractivity contribution < 1.29 is 4.74 Å². The van der Waals surface area contributed by atoms with E-state index in [1.807, 2.05) is 0 Å². The molecule has 0 saturated carbocycles. The molecule has 0 radical (unpaired) electrons. The Morgan fingerprint density at radius 2 is 2.25 bits per heavy atom. The molecule has 0 aromatic heterocycles. The molecule has 1 unspecified atom stereocenters. The van der Waals surface area contributed by atoms with Crippen LogP contribution < -0.4 is 0 Å². The largest absolute Gasteiger partial charge is 0.385 e. The van der Waals surface area contributed by atoms with Crippen molar-refractivity contribution in [2.45, 2.75) is 45.1 Å². The number of rotatable bonds is 5. The van der Waals surface area contributed by atoms with E-state index in [1.54, 1.807) is 7.11 Å². The molecule has 92 valence electrons. The van der Waals surface area contributed by atoms with Gasteiger partial charge in [-0.3, -0.25) is 4.90 Å². The maximum atomic E-state index is 8.86. The van der Waals surface area contributed by atoms with Crippen molar-refractivity contribution >= 4 is 0 Å². The van der Waals surface area contributed by atoms with Crippen LogP contribution in [0.2, 0.25) is 0 Å². The first-order valence-corrected chi connectivity index (χ1v) is 6.24. The highest BCUT2D eigenvalue weighted by molar-refractivity contribution is 4.96. The fourth-order valence-electron chi connectivity index (χ4n) is 2.69. The molecule has 0 amide bonds. The van der Waals surface area contributed by atoms with Gasteiger partial charge in [0.1, 0.15) is 0 Å². The number of ether oxygens (including phenoxy) is 1. The summed E-state index contributed by atoms with van der Waals surface area (Å²) in [5.74, 6) is 0.522. The molecule has 3 heteroatoms. The lowest BCUT2D eigenvalue weighted by molar-refractivity contribution is 0.0179. The van der Waals surface area contributed by atoms with E-state index in [9.17, 15) is 0 Å². The molecule has 0 aromatic rings. The second-order valence-electron chi connectivity index (χ2n) is 5.19. The standard InChI is InChI=1S/C13H24N2O/c1-13(2)12(7-8-14)6-4-9-15(13)10-5-11-16-3/h12H,4-7,9-11H2,1-3H3. The Kier molecular flexibility index (Phi) is 5.24. The number of methoxy groups -OCH3 is 1. The first-order valence-electron chi connectivity index (χ1n) is 6.24. The van der Waals surface area contributed by atoms with E-state index >= 15 is 0 Å². The van der Waals surface area contributed by atoms with Gasteiger partial charge in [-0.1, -0.05) is 0 Å². The van der Waals surface area contributed by atoms with Crippen LogP contribution in [0.15, 0.2) is 0 Å². The average Bonchev–Trinajstić information content (AvgIpc) is 2.24. The predicted molar refractivity (Wildman–Crippen MR) is 65.1 cm³/mol. The minimum Gasteiger partial charge on any atom is -0.385 e. The molecule has 1 fully saturated rings.